The van der Waals surface area contributed by atoms with Gasteiger partial charge in [-0.2, -0.15) is 0 Å². The molecule has 0 heterocycles. The SMILES string of the molecule is CCCCCCC/C=C/C=C/c1ccc(OC)cc1. The Morgan fingerprint density at radius 2 is 1.68 bits per heavy atom. The Morgan fingerprint density at radius 3 is 2.37 bits per heavy atom. The van der Waals surface area contributed by atoms with Crippen molar-refractivity contribution in [3.63, 3.8) is 0 Å². The monoisotopic (exact) mass is 258 g/mol. The lowest BCUT2D eigenvalue weighted by Crippen LogP contribution is -1.81. The molecule has 19 heavy (non-hydrogen) atoms. The second-order valence-corrected chi connectivity index (χ2v) is 4.76. The van der Waals surface area contributed by atoms with Gasteiger partial charge in [-0.1, -0.05) is 69.0 Å². The highest BCUT2D eigenvalue weighted by Gasteiger charge is 1.89. The topological polar surface area (TPSA) is 9.23 Å². The Hall–Kier alpha value is -1.50. The van der Waals surface area contributed by atoms with Gasteiger partial charge in [-0.05, 0) is 30.5 Å². The van der Waals surface area contributed by atoms with Crippen LogP contribution >= 0.6 is 0 Å². The summed E-state index contributed by atoms with van der Waals surface area (Å²) in [6.07, 6.45) is 16.6. The molecule has 0 aliphatic rings. The van der Waals surface area contributed by atoms with Gasteiger partial charge in [0.05, 0.1) is 7.11 Å². The summed E-state index contributed by atoms with van der Waals surface area (Å²) >= 11 is 0. The normalized spacial score (nSPS) is 11.5. The lowest BCUT2D eigenvalue weighted by molar-refractivity contribution is 0.415. The summed E-state index contributed by atoms with van der Waals surface area (Å²) in [7, 11) is 1.69. The molecule has 0 radical (unpaired) electrons. The number of rotatable bonds is 9. The van der Waals surface area contributed by atoms with Gasteiger partial charge in [-0.25, -0.2) is 0 Å². The van der Waals surface area contributed by atoms with Gasteiger partial charge < -0.3 is 4.74 Å². The van der Waals surface area contributed by atoms with Gasteiger partial charge in [-0.3, -0.25) is 0 Å². The molecule has 1 aromatic rings. The number of methoxy groups -OCH3 is 1. The third-order valence-electron chi connectivity index (χ3n) is 3.13. The molecule has 0 saturated carbocycles. The second-order valence-electron chi connectivity index (χ2n) is 4.76. The van der Waals surface area contributed by atoms with E-state index in [1.807, 2.05) is 12.1 Å². The van der Waals surface area contributed by atoms with Crippen molar-refractivity contribution < 1.29 is 4.74 Å². The smallest absolute Gasteiger partial charge is 0.118 e. The molecule has 0 aromatic heterocycles. The third kappa shape index (κ3) is 7.50. The molecule has 0 atom stereocenters. The minimum absolute atomic E-state index is 0.903. The van der Waals surface area contributed by atoms with E-state index in [1.165, 1.54) is 44.1 Å². The first-order valence-corrected chi connectivity index (χ1v) is 7.34. The molecule has 0 unspecified atom stereocenters. The van der Waals surface area contributed by atoms with E-state index in [1.54, 1.807) is 7.11 Å². The molecule has 0 spiro atoms. The van der Waals surface area contributed by atoms with Crippen molar-refractivity contribution in [2.24, 2.45) is 0 Å². The Morgan fingerprint density at radius 1 is 0.947 bits per heavy atom. The van der Waals surface area contributed by atoms with Gasteiger partial charge in [-0.15, -0.1) is 0 Å². The second kappa shape index (κ2) is 10.4. The number of unbranched alkanes of at least 4 members (excludes halogenated alkanes) is 5. The summed E-state index contributed by atoms with van der Waals surface area (Å²) in [6, 6.07) is 8.09. The summed E-state index contributed by atoms with van der Waals surface area (Å²) < 4.78 is 5.13. The molecule has 104 valence electrons. The average molecular weight is 258 g/mol. The quantitative estimate of drug-likeness (QED) is 0.412. The van der Waals surface area contributed by atoms with Gasteiger partial charge in [0, 0.05) is 0 Å². The van der Waals surface area contributed by atoms with Gasteiger partial charge in [0.2, 0.25) is 0 Å². The first kappa shape index (κ1) is 15.6. The van der Waals surface area contributed by atoms with E-state index in [0.717, 1.165) is 5.75 Å². The standard InChI is InChI=1S/C18H26O/c1-3-4-5-6-7-8-9-10-11-12-17-13-15-18(19-2)16-14-17/h9-16H,3-8H2,1-2H3/b10-9+,12-11+. The van der Waals surface area contributed by atoms with Crippen LogP contribution in [0.4, 0.5) is 0 Å². The van der Waals surface area contributed by atoms with E-state index in [-0.39, 0.29) is 0 Å². The van der Waals surface area contributed by atoms with Crippen molar-refractivity contribution in [1.82, 2.24) is 0 Å². The number of allylic oxidation sites excluding steroid dienone is 3. The molecule has 1 aromatic carbocycles. The van der Waals surface area contributed by atoms with Gasteiger partial charge >= 0.3 is 0 Å². The predicted molar refractivity (Wildman–Crippen MR) is 84.5 cm³/mol. The molecule has 1 heteroatoms. The highest BCUT2D eigenvalue weighted by molar-refractivity contribution is 5.52. The zero-order chi connectivity index (χ0) is 13.8. The zero-order valence-corrected chi connectivity index (χ0v) is 12.3. The van der Waals surface area contributed by atoms with Crippen LogP contribution < -0.4 is 4.74 Å². The fourth-order valence-corrected chi connectivity index (χ4v) is 1.92. The summed E-state index contributed by atoms with van der Waals surface area (Å²) in [4.78, 5) is 0. The highest BCUT2D eigenvalue weighted by atomic mass is 16.5. The lowest BCUT2D eigenvalue weighted by Gasteiger charge is -1.98. The first-order chi connectivity index (χ1) is 9.36. The van der Waals surface area contributed by atoms with Crippen LogP contribution in [0.25, 0.3) is 6.08 Å². The maximum atomic E-state index is 5.13. The molecule has 0 N–H and O–H groups in total. The number of ether oxygens (including phenoxy) is 1. The van der Waals surface area contributed by atoms with Crippen LogP contribution in [-0.4, -0.2) is 7.11 Å². The van der Waals surface area contributed by atoms with Crippen LogP contribution in [0.15, 0.2) is 42.5 Å². The van der Waals surface area contributed by atoms with E-state index in [2.05, 4.69) is 43.4 Å². The Balaban J connectivity index is 2.17. The van der Waals surface area contributed by atoms with Crippen molar-refractivity contribution in [2.45, 2.75) is 45.4 Å². The maximum Gasteiger partial charge on any atom is 0.118 e. The predicted octanol–water partition coefficient (Wildman–Crippen LogP) is 5.63. The summed E-state index contributed by atoms with van der Waals surface area (Å²) in [6.45, 7) is 2.25. The molecule has 0 saturated heterocycles. The highest BCUT2D eigenvalue weighted by Crippen LogP contribution is 2.12. The summed E-state index contributed by atoms with van der Waals surface area (Å²) in [5.74, 6) is 0.903. The van der Waals surface area contributed by atoms with E-state index >= 15 is 0 Å². The molecular weight excluding hydrogens is 232 g/mol. The van der Waals surface area contributed by atoms with E-state index in [9.17, 15) is 0 Å². The van der Waals surface area contributed by atoms with Gasteiger partial charge in [0.1, 0.15) is 5.75 Å². The van der Waals surface area contributed by atoms with E-state index in [4.69, 9.17) is 4.74 Å². The molecule has 0 amide bonds. The van der Waals surface area contributed by atoms with Gasteiger partial charge in [0.25, 0.3) is 0 Å². The van der Waals surface area contributed by atoms with Crippen LogP contribution in [0.1, 0.15) is 51.0 Å². The Kier molecular flexibility index (Phi) is 8.54. The minimum atomic E-state index is 0.903. The van der Waals surface area contributed by atoms with Crippen molar-refractivity contribution >= 4 is 6.08 Å². The molecule has 0 aliphatic carbocycles. The summed E-state index contributed by atoms with van der Waals surface area (Å²) in [5, 5.41) is 0. The van der Waals surface area contributed by atoms with E-state index < -0.39 is 0 Å². The minimum Gasteiger partial charge on any atom is -0.497 e. The largest absolute Gasteiger partial charge is 0.497 e. The number of hydrogen-bond donors (Lipinski definition) is 0. The van der Waals surface area contributed by atoms with Crippen LogP contribution in [0.2, 0.25) is 0 Å². The Bertz CT molecular complexity index is 373. The third-order valence-corrected chi connectivity index (χ3v) is 3.13. The molecular formula is C18H26O. The van der Waals surface area contributed by atoms with Crippen LogP contribution in [-0.2, 0) is 0 Å². The van der Waals surface area contributed by atoms with Crippen molar-refractivity contribution in [3.8, 4) is 5.75 Å². The van der Waals surface area contributed by atoms with Crippen LogP contribution in [0.3, 0.4) is 0 Å². The van der Waals surface area contributed by atoms with Crippen molar-refractivity contribution in [2.75, 3.05) is 7.11 Å². The number of hydrogen-bond acceptors (Lipinski definition) is 1. The number of benzene rings is 1. The summed E-state index contributed by atoms with van der Waals surface area (Å²) in [5.41, 5.74) is 1.20. The molecule has 0 aliphatic heterocycles. The first-order valence-electron chi connectivity index (χ1n) is 7.34. The van der Waals surface area contributed by atoms with Crippen molar-refractivity contribution in [3.05, 3.63) is 48.1 Å². The van der Waals surface area contributed by atoms with Crippen LogP contribution in [0.5, 0.6) is 5.75 Å². The fraction of sp³-hybridized carbons (Fsp3) is 0.444. The fourth-order valence-electron chi connectivity index (χ4n) is 1.92. The van der Waals surface area contributed by atoms with Crippen LogP contribution in [0, 0.1) is 0 Å². The lowest BCUT2D eigenvalue weighted by atomic mass is 10.1. The molecule has 1 rings (SSSR count). The molecule has 0 bridgehead atoms. The molecule has 1 nitrogen and oxygen atoms in total. The maximum absolute atomic E-state index is 5.13. The van der Waals surface area contributed by atoms with E-state index in [0.29, 0.717) is 0 Å². The van der Waals surface area contributed by atoms with Gasteiger partial charge in [0.15, 0.2) is 0 Å². The Labute approximate surface area is 118 Å². The zero-order valence-electron chi connectivity index (χ0n) is 12.3. The molecule has 0 fully saturated rings. The average Bonchev–Trinajstić information content (AvgIpc) is 2.46. The van der Waals surface area contributed by atoms with Crippen molar-refractivity contribution in [1.29, 1.82) is 0 Å².